The molecule has 16 heteroatoms. The van der Waals surface area contributed by atoms with Crippen molar-refractivity contribution < 1.29 is 66.7 Å². The molecule has 7 rings (SSSR count). The summed E-state index contributed by atoms with van der Waals surface area (Å²) in [4.78, 5) is 105. The van der Waals surface area contributed by atoms with E-state index < -0.39 is 124 Å². The van der Waals surface area contributed by atoms with Crippen LogP contribution in [-0.4, -0.2) is 99.4 Å². The first kappa shape index (κ1) is 40.0. The first-order chi connectivity index (χ1) is 26.9. The molecule has 13 atom stereocenters. The van der Waals surface area contributed by atoms with Gasteiger partial charge in [-0.15, -0.1) is 0 Å². The molecule has 3 heterocycles. The summed E-state index contributed by atoms with van der Waals surface area (Å²) >= 11 is 0. The van der Waals surface area contributed by atoms with Crippen molar-refractivity contribution in [1.82, 2.24) is 9.97 Å². The highest BCUT2D eigenvalue weighted by molar-refractivity contribution is 5.97. The van der Waals surface area contributed by atoms with Gasteiger partial charge in [0, 0.05) is 69.7 Å². The largest absolute Gasteiger partial charge is 0.461 e. The molecule has 0 aromatic carbocycles. The number of carbonyl (C=O) groups is 7. The summed E-state index contributed by atoms with van der Waals surface area (Å²) < 4.78 is 44.2. The van der Waals surface area contributed by atoms with Crippen LogP contribution in [0.15, 0.2) is 49.1 Å². The molecule has 57 heavy (non-hydrogen) atoms. The number of Topliss-reactive ketones (excluding diaryl/α,β-unsaturated/α-hetero) is 1. The van der Waals surface area contributed by atoms with Gasteiger partial charge in [-0.3, -0.25) is 33.9 Å². The van der Waals surface area contributed by atoms with Crippen LogP contribution in [0.4, 0.5) is 0 Å². The minimum atomic E-state index is -1.96. The lowest BCUT2D eigenvalue weighted by Gasteiger charge is -2.64. The Morgan fingerprint density at radius 1 is 0.807 bits per heavy atom. The molecule has 0 spiro atoms. The Morgan fingerprint density at radius 2 is 1.42 bits per heavy atom. The molecule has 13 unspecified atom stereocenters. The maximum absolute atomic E-state index is 15.7. The number of aromatic nitrogens is 2. The van der Waals surface area contributed by atoms with Crippen LogP contribution >= 0.6 is 0 Å². The lowest BCUT2D eigenvalue weighted by Crippen LogP contribution is -2.75. The van der Waals surface area contributed by atoms with Crippen molar-refractivity contribution in [2.45, 2.75) is 109 Å². The molecule has 1 aliphatic heterocycles. The van der Waals surface area contributed by atoms with Gasteiger partial charge in [-0.25, -0.2) is 9.59 Å². The smallest absolute Gasteiger partial charge is 0.340 e. The van der Waals surface area contributed by atoms with E-state index in [1.165, 1.54) is 62.9 Å². The molecule has 5 fully saturated rings. The van der Waals surface area contributed by atoms with E-state index in [0.717, 1.165) is 6.92 Å². The lowest BCUT2D eigenvalue weighted by atomic mass is 9.42. The molecule has 4 aliphatic carbocycles. The molecule has 2 aromatic heterocycles. The standard InChI is InChI=1S/C41H46N2O14/c1-8-27(47)53-30-20(2)15-41(57-23(5)46)29(30)34(52-21(3)44)40-19-51-39(7,37(41)55-36(50)25-12-10-14-43-18-25)32(40)28-26(16-38(28,6)56-22(4)45)31(33(40)48)54-35(49)24-11-9-13-42-17-24/h9-14,17-18,20,26,28-32,34,37H,8,15-16,19H2,1-7H3. The van der Waals surface area contributed by atoms with Gasteiger partial charge in [-0.1, -0.05) is 13.8 Å². The molecule has 304 valence electrons. The number of pyridine rings is 2. The van der Waals surface area contributed by atoms with Gasteiger partial charge in [0.05, 0.1) is 29.1 Å². The number of esters is 6. The number of fused-ring (bicyclic) bond motifs is 2. The number of hydrogen-bond acceptors (Lipinski definition) is 16. The SMILES string of the molecule is CCC(=O)OC1C(C)CC2(OC(C)=O)C1C(OC(C)=O)C13COC(C)(C2OC(=O)c2cccnc2)C1C1C(CC1(C)OC(C)=O)C(OC(=O)c1cccnc1)C3=O. The Hall–Kier alpha value is -5.25. The fraction of sp³-hybridized carbons (Fsp3) is 0.585. The Kier molecular flexibility index (Phi) is 10.0. The predicted octanol–water partition coefficient (Wildman–Crippen LogP) is 3.38. The second kappa shape index (κ2) is 14.3. The summed E-state index contributed by atoms with van der Waals surface area (Å²) in [7, 11) is 0. The van der Waals surface area contributed by atoms with Crippen molar-refractivity contribution >= 4 is 41.6 Å². The Balaban J connectivity index is 1.52. The molecule has 0 radical (unpaired) electrons. The topological polar surface area (TPSA) is 210 Å². The highest BCUT2D eigenvalue weighted by Crippen LogP contribution is 2.73. The van der Waals surface area contributed by atoms with E-state index in [4.69, 9.17) is 33.2 Å². The van der Waals surface area contributed by atoms with Crippen molar-refractivity contribution in [2.24, 2.45) is 35.0 Å². The number of ketones is 1. The molecular weight excluding hydrogens is 744 g/mol. The lowest BCUT2D eigenvalue weighted by molar-refractivity contribution is -0.256. The van der Waals surface area contributed by atoms with Crippen LogP contribution in [0.1, 0.15) is 88.4 Å². The van der Waals surface area contributed by atoms with E-state index in [2.05, 4.69) is 9.97 Å². The second-order valence-corrected chi connectivity index (χ2v) is 16.3. The first-order valence-corrected chi connectivity index (χ1v) is 19.1. The van der Waals surface area contributed by atoms with Crippen LogP contribution in [0.25, 0.3) is 0 Å². The van der Waals surface area contributed by atoms with Crippen LogP contribution in [0.3, 0.4) is 0 Å². The van der Waals surface area contributed by atoms with Crippen LogP contribution in [-0.2, 0) is 57.1 Å². The summed E-state index contributed by atoms with van der Waals surface area (Å²) in [6.45, 7) is 9.78. The summed E-state index contributed by atoms with van der Waals surface area (Å²) in [6, 6.07) is 6.05. The van der Waals surface area contributed by atoms with E-state index in [-0.39, 0.29) is 30.4 Å². The van der Waals surface area contributed by atoms with Gasteiger partial charge in [-0.05, 0) is 56.9 Å². The summed E-state index contributed by atoms with van der Waals surface area (Å²) in [5.41, 5.74) is -6.86. The predicted molar refractivity (Wildman–Crippen MR) is 191 cm³/mol. The van der Waals surface area contributed by atoms with Crippen molar-refractivity contribution in [3.05, 3.63) is 60.2 Å². The molecule has 0 N–H and O–H groups in total. The maximum atomic E-state index is 15.7. The van der Waals surface area contributed by atoms with Gasteiger partial charge in [0.15, 0.2) is 23.6 Å². The second-order valence-electron chi connectivity index (χ2n) is 16.3. The Labute approximate surface area is 328 Å². The highest BCUT2D eigenvalue weighted by atomic mass is 16.6. The third kappa shape index (κ3) is 6.18. The normalized spacial score (nSPS) is 38.4. The fourth-order valence-electron chi connectivity index (χ4n) is 11.1. The summed E-state index contributed by atoms with van der Waals surface area (Å²) in [5.74, 6) is -9.98. The van der Waals surface area contributed by atoms with E-state index >= 15 is 4.79 Å². The van der Waals surface area contributed by atoms with E-state index in [9.17, 15) is 28.8 Å². The summed E-state index contributed by atoms with van der Waals surface area (Å²) in [6.07, 6.45) is -0.318. The van der Waals surface area contributed by atoms with Gasteiger partial charge in [-0.2, -0.15) is 0 Å². The van der Waals surface area contributed by atoms with Gasteiger partial charge >= 0.3 is 35.8 Å². The van der Waals surface area contributed by atoms with Gasteiger partial charge in [0.2, 0.25) is 0 Å². The van der Waals surface area contributed by atoms with Gasteiger partial charge in [0.1, 0.15) is 23.4 Å². The minimum Gasteiger partial charge on any atom is -0.461 e. The highest BCUT2D eigenvalue weighted by Gasteiger charge is 2.87. The van der Waals surface area contributed by atoms with Crippen LogP contribution in [0.2, 0.25) is 0 Å². The van der Waals surface area contributed by atoms with E-state index in [1.807, 2.05) is 0 Å². The minimum absolute atomic E-state index is 0.0431. The molecule has 16 nitrogen and oxygen atoms in total. The molecular formula is C41H46N2O14. The summed E-state index contributed by atoms with van der Waals surface area (Å²) in [5, 5.41) is 0. The quantitative estimate of drug-likeness (QED) is 0.263. The molecule has 2 aromatic rings. The third-order valence-corrected chi connectivity index (χ3v) is 12.8. The average Bonchev–Trinajstić information content (AvgIpc) is 3.59. The Bertz CT molecular complexity index is 1990. The van der Waals surface area contributed by atoms with Crippen LogP contribution in [0, 0.1) is 35.0 Å². The molecule has 4 saturated carbocycles. The van der Waals surface area contributed by atoms with E-state index in [1.54, 1.807) is 27.7 Å². The number of hydrogen-bond donors (Lipinski definition) is 0. The molecule has 5 aliphatic rings. The zero-order chi connectivity index (χ0) is 41.2. The average molecular weight is 791 g/mol. The molecule has 2 bridgehead atoms. The third-order valence-electron chi connectivity index (χ3n) is 12.8. The van der Waals surface area contributed by atoms with Crippen LogP contribution in [0.5, 0.6) is 0 Å². The van der Waals surface area contributed by atoms with Gasteiger partial charge < -0.3 is 33.2 Å². The number of nitrogens with zero attached hydrogens (tertiary/aromatic N) is 2. The maximum Gasteiger partial charge on any atom is 0.340 e. The number of carbonyl (C=O) groups excluding carboxylic acids is 7. The number of rotatable bonds is 9. The van der Waals surface area contributed by atoms with Crippen molar-refractivity contribution in [3.8, 4) is 0 Å². The van der Waals surface area contributed by atoms with Crippen molar-refractivity contribution in [2.75, 3.05) is 6.61 Å². The number of ether oxygens (including phenoxy) is 7. The van der Waals surface area contributed by atoms with Crippen LogP contribution < -0.4 is 0 Å². The Morgan fingerprint density at radius 3 is 1.96 bits per heavy atom. The zero-order valence-electron chi connectivity index (χ0n) is 32.8. The van der Waals surface area contributed by atoms with Crippen molar-refractivity contribution in [1.29, 1.82) is 0 Å². The molecule has 0 amide bonds. The van der Waals surface area contributed by atoms with E-state index in [0.29, 0.717) is 0 Å². The first-order valence-electron chi connectivity index (χ1n) is 19.1. The van der Waals surface area contributed by atoms with Crippen molar-refractivity contribution in [3.63, 3.8) is 0 Å². The zero-order valence-corrected chi connectivity index (χ0v) is 32.8. The van der Waals surface area contributed by atoms with Gasteiger partial charge in [0.25, 0.3) is 0 Å². The molecule has 1 saturated heterocycles. The fourth-order valence-corrected chi connectivity index (χ4v) is 11.1. The monoisotopic (exact) mass is 790 g/mol.